The Hall–Kier alpha value is -1.55. The van der Waals surface area contributed by atoms with Crippen LogP contribution in [0.4, 0.5) is 10.5 Å². The zero-order valence-corrected chi connectivity index (χ0v) is 9.73. The van der Waals surface area contributed by atoms with E-state index in [0.29, 0.717) is 0 Å². The van der Waals surface area contributed by atoms with E-state index in [1.165, 1.54) is 4.90 Å². The molecule has 4 nitrogen and oxygen atoms in total. The highest BCUT2D eigenvalue weighted by Gasteiger charge is 2.03. The fourth-order valence-corrected chi connectivity index (χ4v) is 1.32. The van der Waals surface area contributed by atoms with Gasteiger partial charge in [-0.15, -0.1) is 0 Å². The third kappa shape index (κ3) is 3.90. The first-order chi connectivity index (χ1) is 7.63. The molecule has 88 valence electrons. The molecule has 0 aliphatic heterocycles. The van der Waals surface area contributed by atoms with Gasteiger partial charge in [0.25, 0.3) is 0 Å². The highest BCUT2D eigenvalue weighted by Crippen LogP contribution is 2.12. The van der Waals surface area contributed by atoms with Crippen molar-refractivity contribution in [1.82, 2.24) is 4.90 Å². The minimum atomic E-state index is -0.140. The van der Waals surface area contributed by atoms with Gasteiger partial charge in [0.1, 0.15) is 0 Å². The third-order valence-corrected chi connectivity index (χ3v) is 2.21. The maximum absolute atomic E-state index is 11.4. The molecule has 0 saturated heterocycles. The molecular formula is C12H18N2O2. The van der Waals surface area contributed by atoms with Crippen molar-refractivity contribution < 1.29 is 9.90 Å². The number of hydrogen-bond donors (Lipinski definition) is 2. The second kappa shape index (κ2) is 6.12. The van der Waals surface area contributed by atoms with Gasteiger partial charge in [-0.25, -0.2) is 4.79 Å². The second-order valence-corrected chi connectivity index (χ2v) is 3.85. The molecule has 0 bridgehead atoms. The summed E-state index contributed by atoms with van der Waals surface area (Å²) in [7, 11) is 3.40. The van der Waals surface area contributed by atoms with Gasteiger partial charge in [-0.05, 0) is 30.5 Å². The lowest BCUT2D eigenvalue weighted by molar-refractivity contribution is 0.230. The van der Waals surface area contributed by atoms with E-state index in [2.05, 4.69) is 5.32 Å². The standard InChI is InChI=1S/C12H18N2O2/c1-14(2)12(16)13-11-7-3-5-10(9-11)6-4-8-15/h3,5,7,9,15H,4,6,8H2,1-2H3,(H,13,16). The summed E-state index contributed by atoms with van der Waals surface area (Å²) in [5, 5.41) is 11.5. The minimum Gasteiger partial charge on any atom is -0.396 e. The van der Waals surface area contributed by atoms with Gasteiger partial charge in [-0.3, -0.25) is 0 Å². The number of aliphatic hydroxyl groups excluding tert-OH is 1. The Bertz CT molecular complexity index is 351. The third-order valence-electron chi connectivity index (χ3n) is 2.21. The molecule has 0 heterocycles. The maximum Gasteiger partial charge on any atom is 0.321 e. The number of nitrogens with zero attached hydrogens (tertiary/aromatic N) is 1. The van der Waals surface area contributed by atoms with Crippen LogP contribution >= 0.6 is 0 Å². The lowest BCUT2D eigenvalue weighted by Gasteiger charge is -2.12. The van der Waals surface area contributed by atoms with Crippen molar-refractivity contribution in [3.05, 3.63) is 29.8 Å². The summed E-state index contributed by atoms with van der Waals surface area (Å²) in [6, 6.07) is 7.53. The highest BCUT2D eigenvalue weighted by molar-refractivity contribution is 5.88. The Balaban J connectivity index is 2.63. The molecule has 0 aliphatic rings. The molecule has 1 aromatic carbocycles. The van der Waals surface area contributed by atoms with E-state index in [-0.39, 0.29) is 12.6 Å². The van der Waals surface area contributed by atoms with Gasteiger partial charge in [0, 0.05) is 26.4 Å². The van der Waals surface area contributed by atoms with E-state index in [9.17, 15) is 4.79 Å². The topological polar surface area (TPSA) is 52.6 Å². The van der Waals surface area contributed by atoms with Crippen LogP contribution in [-0.2, 0) is 6.42 Å². The number of carbonyl (C=O) groups is 1. The minimum absolute atomic E-state index is 0.140. The van der Waals surface area contributed by atoms with Crippen LogP contribution in [0.3, 0.4) is 0 Å². The fourth-order valence-electron chi connectivity index (χ4n) is 1.32. The number of urea groups is 1. The molecule has 4 heteroatoms. The number of benzene rings is 1. The zero-order chi connectivity index (χ0) is 12.0. The quantitative estimate of drug-likeness (QED) is 0.814. The van der Waals surface area contributed by atoms with Crippen LogP contribution < -0.4 is 5.32 Å². The summed E-state index contributed by atoms with van der Waals surface area (Å²) < 4.78 is 0. The van der Waals surface area contributed by atoms with Crippen LogP contribution in [0.2, 0.25) is 0 Å². The molecule has 16 heavy (non-hydrogen) atoms. The van der Waals surface area contributed by atoms with Crippen LogP contribution in [0.5, 0.6) is 0 Å². The molecule has 2 amide bonds. The van der Waals surface area contributed by atoms with Crippen LogP contribution in [0.25, 0.3) is 0 Å². The Morgan fingerprint density at radius 2 is 2.19 bits per heavy atom. The lowest BCUT2D eigenvalue weighted by atomic mass is 10.1. The van der Waals surface area contributed by atoms with E-state index in [0.717, 1.165) is 24.1 Å². The number of rotatable bonds is 4. The van der Waals surface area contributed by atoms with Gasteiger partial charge in [0.15, 0.2) is 0 Å². The summed E-state index contributed by atoms with van der Waals surface area (Å²) >= 11 is 0. The summed E-state index contributed by atoms with van der Waals surface area (Å²) in [5.74, 6) is 0. The number of anilines is 1. The van der Waals surface area contributed by atoms with Gasteiger partial charge >= 0.3 is 6.03 Å². The highest BCUT2D eigenvalue weighted by atomic mass is 16.2. The monoisotopic (exact) mass is 222 g/mol. The fraction of sp³-hybridized carbons (Fsp3) is 0.417. The number of hydrogen-bond acceptors (Lipinski definition) is 2. The van der Waals surface area contributed by atoms with Crippen LogP contribution in [0.15, 0.2) is 24.3 Å². The van der Waals surface area contributed by atoms with Crippen LogP contribution in [-0.4, -0.2) is 36.7 Å². The Kier molecular flexibility index (Phi) is 4.79. The molecule has 0 atom stereocenters. The number of nitrogens with one attached hydrogen (secondary N) is 1. The van der Waals surface area contributed by atoms with Gasteiger partial charge in [-0.2, -0.15) is 0 Å². The lowest BCUT2D eigenvalue weighted by Crippen LogP contribution is -2.27. The van der Waals surface area contributed by atoms with Crippen molar-refractivity contribution in [1.29, 1.82) is 0 Å². The molecule has 1 rings (SSSR count). The normalized spacial score (nSPS) is 9.94. The first-order valence-corrected chi connectivity index (χ1v) is 5.31. The molecule has 0 saturated carbocycles. The van der Waals surface area contributed by atoms with Gasteiger partial charge in [0.2, 0.25) is 0 Å². The molecule has 0 radical (unpaired) electrons. The molecule has 2 N–H and O–H groups in total. The van der Waals surface area contributed by atoms with Crippen molar-refractivity contribution in [2.45, 2.75) is 12.8 Å². The first-order valence-electron chi connectivity index (χ1n) is 5.31. The van der Waals surface area contributed by atoms with Crippen molar-refractivity contribution in [3.8, 4) is 0 Å². The molecule has 0 fully saturated rings. The zero-order valence-electron chi connectivity index (χ0n) is 9.73. The Labute approximate surface area is 95.9 Å². The van der Waals surface area contributed by atoms with E-state index < -0.39 is 0 Å². The van der Waals surface area contributed by atoms with Gasteiger partial charge in [-0.1, -0.05) is 12.1 Å². The second-order valence-electron chi connectivity index (χ2n) is 3.85. The van der Waals surface area contributed by atoms with Crippen molar-refractivity contribution in [3.63, 3.8) is 0 Å². The summed E-state index contributed by atoms with van der Waals surface area (Å²) in [5.41, 5.74) is 1.90. The molecule has 0 unspecified atom stereocenters. The molecular weight excluding hydrogens is 204 g/mol. The molecule has 1 aromatic rings. The predicted octanol–water partition coefficient (Wildman–Crippen LogP) is 1.71. The van der Waals surface area contributed by atoms with Crippen molar-refractivity contribution in [2.24, 2.45) is 0 Å². The predicted molar refractivity (Wildman–Crippen MR) is 64.6 cm³/mol. The largest absolute Gasteiger partial charge is 0.396 e. The van der Waals surface area contributed by atoms with E-state index in [4.69, 9.17) is 5.11 Å². The smallest absolute Gasteiger partial charge is 0.321 e. The average Bonchev–Trinajstić information content (AvgIpc) is 2.26. The first kappa shape index (κ1) is 12.5. The number of aryl methyl sites for hydroxylation is 1. The van der Waals surface area contributed by atoms with Crippen LogP contribution in [0, 0.1) is 0 Å². The van der Waals surface area contributed by atoms with Crippen molar-refractivity contribution >= 4 is 11.7 Å². The summed E-state index contributed by atoms with van der Waals surface area (Å²) in [6.45, 7) is 0.189. The van der Waals surface area contributed by atoms with E-state index >= 15 is 0 Å². The van der Waals surface area contributed by atoms with E-state index in [1.54, 1.807) is 14.1 Å². The molecule has 0 aromatic heterocycles. The average molecular weight is 222 g/mol. The van der Waals surface area contributed by atoms with Gasteiger partial charge < -0.3 is 15.3 Å². The molecule has 0 spiro atoms. The van der Waals surface area contributed by atoms with Crippen molar-refractivity contribution in [2.75, 3.05) is 26.0 Å². The summed E-state index contributed by atoms with van der Waals surface area (Å²) in [6.07, 6.45) is 1.56. The number of amides is 2. The Morgan fingerprint density at radius 1 is 1.44 bits per heavy atom. The van der Waals surface area contributed by atoms with Crippen LogP contribution in [0.1, 0.15) is 12.0 Å². The number of carbonyl (C=O) groups excluding carboxylic acids is 1. The molecule has 0 aliphatic carbocycles. The van der Waals surface area contributed by atoms with E-state index in [1.807, 2.05) is 24.3 Å². The van der Waals surface area contributed by atoms with Gasteiger partial charge in [0.05, 0.1) is 0 Å². The Morgan fingerprint density at radius 3 is 2.81 bits per heavy atom. The maximum atomic E-state index is 11.4. The summed E-state index contributed by atoms with van der Waals surface area (Å²) in [4.78, 5) is 12.9. The number of aliphatic hydroxyl groups is 1. The SMILES string of the molecule is CN(C)C(=O)Nc1cccc(CCCO)c1.